The third-order valence-electron chi connectivity index (χ3n) is 4.62. The van der Waals surface area contributed by atoms with Gasteiger partial charge in [0.15, 0.2) is 4.77 Å². The molecule has 1 heterocycles. The van der Waals surface area contributed by atoms with Crippen LogP contribution >= 0.6 is 12.2 Å². The van der Waals surface area contributed by atoms with E-state index in [-0.39, 0.29) is 11.5 Å². The monoisotopic (exact) mass is 387 g/mol. The first-order valence-electron chi connectivity index (χ1n) is 8.73. The number of anilines is 1. The zero-order valence-electron chi connectivity index (χ0n) is 15.1. The SMILES string of the molecule is Cn1c(=S)[nH]c2cc(C(=O)Nc3ccccc3-c3ccccc3)ccc2c1=O. The molecule has 138 valence electrons. The van der Waals surface area contributed by atoms with Crippen molar-refractivity contribution in [2.45, 2.75) is 0 Å². The van der Waals surface area contributed by atoms with Gasteiger partial charge in [-0.1, -0.05) is 48.5 Å². The molecule has 1 amide bonds. The molecule has 4 rings (SSSR count). The van der Waals surface area contributed by atoms with Crippen LogP contribution in [0, 0.1) is 4.77 Å². The second-order valence-electron chi connectivity index (χ2n) is 6.42. The lowest BCUT2D eigenvalue weighted by atomic mass is 10.0. The molecule has 0 radical (unpaired) electrons. The molecule has 6 heteroatoms. The molecule has 1 aromatic heterocycles. The Labute approximate surface area is 166 Å². The largest absolute Gasteiger partial charge is 0.332 e. The first kappa shape index (κ1) is 17.9. The number of aromatic nitrogens is 2. The maximum absolute atomic E-state index is 12.8. The number of hydrogen-bond donors (Lipinski definition) is 2. The molecule has 0 saturated heterocycles. The van der Waals surface area contributed by atoms with E-state index in [4.69, 9.17) is 12.2 Å². The number of carbonyl (C=O) groups is 1. The molecule has 0 bridgehead atoms. The van der Waals surface area contributed by atoms with Crippen molar-refractivity contribution in [3.8, 4) is 11.1 Å². The molecule has 0 fully saturated rings. The van der Waals surface area contributed by atoms with Crippen LogP contribution in [0.2, 0.25) is 0 Å². The molecule has 4 aromatic rings. The highest BCUT2D eigenvalue weighted by molar-refractivity contribution is 7.71. The van der Waals surface area contributed by atoms with Gasteiger partial charge in [-0.25, -0.2) is 0 Å². The van der Waals surface area contributed by atoms with E-state index >= 15 is 0 Å². The van der Waals surface area contributed by atoms with Gasteiger partial charge in [-0.3, -0.25) is 14.2 Å². The summed E-state index contributed by atoms with van der Waals surface area (Å²) in [6, 6.07) is 22.4. The second kappa shape index (κ2) is 7.25. The minimum atomic E-state index is -0.259. The van der Waals surface area contributed by atoms with Gasteiger partial charge in [0.1, 0.15) is 0 Å². The zero-order chi connectivity index (χ0) is 19.7. The lowest BCUT2D eigenvalue weighted by molar-refractivity contribution is 0.102. The van der Waals surface area contributed by atoms with Crippen LogP contribution in [0.1, 0.15) is 10.4 Å². The number of para-hydroxylation sites is 1. The Morgan fingerprint density at radius 1 is 1.00 bits per heavy atom. The van der Waals surface area contributed by atoms with E-state index in [0.29, 0.717) is 21.2 Å². The standard InChI is InChI=1S/C22H17N3O2S/c1-25-21(27)17-12-11-15(13-19(17)24-22(25)28)20(26)23-18-10-6-5-9-16(18)14-7-3-2-4-8-14/h2-13H,1H3,(H,23,26)(H,24,28). The van der Waals surface area contributed by atoms with Crippen LogP contribution in [0.4, 0.5) is 5.69 Å². The van der Waals surface area contributed by atoms with E-state index in [9.17, 15) is 9.59 Å². The molecule has 0 saturated carbocycles. The maximum atomic E-state index is 12.8. The van der Waals surface area contributed by atoms with Crippen molar-refractivity contribution < 1.29 is 4.79 Å². The maximum Gasteiger partial charge on any atom is 0.261 e. The summed E-state index contributed by atoms with van der Waals surface area (Å²) in [6.07, 6.45) is 0. The summed E-state index contributed by atoms with van der Waals surface area (Å²) < 4.78 is 1.68. The predicted molar refractivity (Wildman–Crippen MR) is 114 cm³/mol. The molecule has 0 aliphatic rings. The predicted octanol–water partition coefficient (Wildman–Crippen LogP) is 4.52. The van der Waals surface area contributed by atoms with Gasteiger partial charge in [0.05, 0.1) is 10.9 Å². The van der Waals surface area contributed by atoms with Crippen molar-refractivity contribution in [3.05, 3.63) is 93.5 Å². The number of aromatic amines is 1. The summed E-state index contributed by atoms with van der Waals surface area (Å²) in [4.78, 5) is 28.1. The fourth-order valence-corrected chi connectivity index (χ4v) is 3.30. The average Bonchev–Trinajstić information content (AvgIpc) is 2.73. The van der Waals surface area contributed by atoms with Gasteiger partial charge in [-0.05, 0) is 42.0 Å². The van der Waals surface area contributed by atoms with Crippen LogP contribution in [0.15, 0.2) is 77.6 Å². The van der Waals surface area contributed by atoms with Gasteiger partial charge < -0.3 is 10.3 Å². The molecule has 28 heavy (non-hydrogen) atoms. The first-order valence-corrected chi connectivity index (χ1v) is 9.14. The Kier molecular flexibility index (Phi) is 4.63. The van der Waals surface area contributed by atoms with E-state index in [2.05, 4.69) is 10.3 Å². The highest BCUT2D eigenvalue weighted by atomic mass is 32.1. The Morgan fingerprint density at radius 3 is 2.50 bits per heavy atom. The molecular formula is C22H17N3O2S. The lowest BCUT2D eigenvalue weighted by Gasteiger charge is -2.12. The Balaban J connectivity index is 1.71. The Bertz CT molecular complexity index is 1310. The number of H-pyrrole nitrogens is 1. The zero-order valence-corrected chi connectivity index (χ0v) is 15.9. The Hall–Kier alpha value is -3.51. The molecule has 0 atom stereocenters. The van der Waals surface area contributed by atoms with Crippen LogP contribution in [-0.4, -0.2) is 15.5 Å². The van der Waals surface area contributed by atoms with Crippen LogP contribution in [0.25, 0.3) is 22.0 Å². The van der Waals surface area contributed by atoms with Crippen molar-refractivity contribution in [1.82, 2.24) is 9.55 Å². The quantitative estimate of drug-likeness (QED) is 0.508. The molecule has 0 aliphatic carbocycles. The molecule has 3 aromatic carbocycles. The fourth-order valence-electron chi connectivity index (χ4n) is 3.10. The first-order chi connectivity index (χ1) is 13.5. The topological polar surface area (TPSA) is 66.9 Å². The highest BCUT2D eigenvalue weighted by Gasteiger charge is 2.12. The number of carbonyl (C=O) groups excluding carboxylic acids is 1. The lowest BCUT2D eigenvalue weighted by Crippen LogP contribution is -2.19. The van der Waals surface area contributed by atoms with E-state index in [0.717, 1.165) is 16.8 Å². The number of nitrogens with one attached hydrogen (secondary N) is 2. The summed E-state index contributed by atoms with van der Waals surface area (Å²) in [5.74, 6) is -0.259. The van der Waals surface area contributed by atoms with Crippen LogP contribution in [-0.2, 0) is 7.05 Å². The summed E-state index contributed by atoms with van der Waals surface area (Å²) >= 11 is 5.16. The second-order valence-corrected chi connectivity index (χ2v) is 6.81. The third kappa shape index (κ3) is 3.25. The van der Waals surface area contributed by atoms with Crippen molar-refractivity contribution in [1.29, 1.82) is 0 Å². The van der Waals surface area contributed by atoms with Gasteiger partial charge >= 0.3 is 0 Å². The number of rotatable bonds is 3. The molecule has 0 unspecified atom stereocenters. The number of benzene rings is 3. The molecule has 5 nitrogen and oxygen atoms in total. The van der Waals surface area contributed by atoms with Gasteiger partial charge in [-0.2, -0.15) is 0 Å². The van der Waals surface area contributed by atoms with Crippen LogP contribution in [0.5, 0.6) is 0 Å². The summed E-state index contributed by atoms with van der Waals surface area (Å²) in [5, 5.41) is 3.45. The Morgan fingerprint density at radius 2 is 1.71 bits per heavy atom. The molecule has 0 aliphatic heterocycles. The van der Waals surface area contributed by atoms with Gasteiger partial charge in [0, 0.05) is 23.9 Å². The number of amides is 1. The normalized spacial score (nSPS) is 10.8. The molecule has 2 N–H and O–H groups in total. The van der Waals surface area contributed by atoms with Crippen molar-refractivity contribution >= 4 is 34.7 Å². The van der Waals surface area contributed by atoms with Crippen molar-refractivity contribution in [2.75, 3.05) is 5.32 Å². The number of nitrogens with zero attached hydrogens (tertiary/aromatic N) is 1. The fraction of sp³-hybridized carbons (Fsp3) is 0.0455. The van der Waals surface area contributed by atoms with Crippen LogP contribution < -0.4 is 10.9 Å². The van der Waals surface area contributed by atoms with Crippen molar-refractivity contribution in [2.24, 2.45) is 7.05 Å². The summed E-state index contributed by atoms with van der Waals surface area (Å²) in [7, 11) is 1.61. The van der Waals surface area contributed by atoms with Gasteiger partial charge in [0.25, 0.3) is 11.5 Å². The van der Waals surface area contributed by atoms with E-state index in [1.807, 2.05) is 54.6 Å². The van der Waals surface area contributed by atoms with E-state index in [1.54, 1.807) is 25.2 Å². The van der Waals surface area contributed by atoms with Gasteiger partial charge in [0.2, 0.25) is 0 Å². The average molecular weight is 387 g/mol. The van der Waals surface area contributed by atoms with Crippen LogP contribution in [0.3, 0.4) is 0 Å². The number of hydrogen-bond acceptors (Lipinski definition) is 3. The summed E-state index contributed by atoms with van der Waals surface area (Å²) in [5.41, 5.74) is 3.46. The van der Waals surface area contributed by atoms with E-state index in [1.165, 1.54) is 4.57 Å². The minimum Gasteiger partial charge on any atom is -0.332 e. The van der Waals surface area contributed by atoms with E-state index < -0.39 is 0 Å². The van der Waals surface area contributed by atoms with Gasteiger partial charge in [-0.15, -0.1) is 0 Å². The smallest absolute Gasteiger partial charge is 0.261 e. The third-order valence-corrected chi connectivity index (χ3v) is 5.00. The highest BCUT2D eigenvalue weighted by Crippen LogP contribution is 2.28. The summed E-state index contributed by atoms with van der Waals surface area (Å²) in [6.45, 7) is 0. The number of fused-ring (bicyclic) bond motifs is 1. The molecular weight excluding hydrogens is 370 g/mol. The molecule has 0 spiro atoms. The minimum absolute atomic E-state index is 0.194. The van der Waals surface area contributed by atoms with Crippen molar-refractivity contribution in [3.63, 3.8) is 0 Å².